The fraction of sp³-hybridized carbons (Fsp3) is 0.158. The van der Waals surface area contributed by atoms with E-state index in [0.717, 1.165) is 30.0 Å². The average molecular weight is 735 g/mol. The maximum absolute atomic E-state index is 5.13. The summed E-state index contributed by atoms with van der Waals surface area (Å²) in [6.07, 6.45) is 0. The van der Waals surface area contributed by atoms with Gasteiger partial charge in [-0.25, -0.2) is 9.97 Å². The number of benzene rings is 5. The lowest BCUT2D eigenvalue weighted by atomic mass is 9.82. The lowest BCUT2D eigenvalue weighted by Crippen LogP contribution is -2.15. The Morgan fingerprint density at radius 2 is 0.841 bits per heavy atom. The summed E-state index contributed by atoms with van der Waals surface area (Å²) in [5.41, 5.74) is 15.1. The van der Waals surface area contributed by atoms with Crippen molar-refractivity contribution in [2.75, 3.05) is 0 Å². The van der Waals surface area contributed by atoms with E-state index < -0.39 is 0 Å². The van der Waals surface area contributed by atoms with E-state index in [0.29, 0.717) is 0 Å². The molecular weight excluding hydrogens is 708 g/mol. The van der Waals surface area contributed by atoms with E-state index in [2.05, 4.69) is 144 Å². The van der Waals surface area contributed by atoms with Gasteiger partial charge in [0.2, 0.25) is 0 Å². The summed E-state index contributed by atoms with van der Waals surface area (Å²) in [7, 11) is 0. The van der Waals surface area contributed by atoms with Crippen molar-refractivity contribution in [1.29, 1.82) is 0 Å². The van der Waals surface area contributed by atoms with Crippen LogP contribution in [-0.4, -0.2) is 9.97 Å². The first-order valence-corrected chi connectivity index (χ1v) is 17.9. The summed E-state index contributed by atoms with van der Waals surface area (Å²) < 4.78 is 4.60. The second-order valence-electron chi connectivity index (χ2n) is 13.0. The van der Waals surface area contributed by atoms with Crippen molar-refractivity contribution in [3.8, 4) is 43.4 Å². The minimum atomic E-state index is -0.0591. The Bertz CT molecular complexity index is 2160. The van der Waals surface area contributed by atoms with E-state index >= 15 is 0 Å². The molecule has 0 unspecified atom stereocenters. The molecule has 9 rings (SSSR count). The van der Waals surface area contributed by atoms with Crippen LogP contribution < -0.4 is 0 Å². The van der Waals surface area contributed by atoms with Crippen LogP contribution in [0.3, 0.4) is 0 Å². The third-order valence-corrected chi connectivity index (χ3v) is 12.8. The summed E-state index contributed by atoms with van der Waals surface area (Å²) >= 11 is 10.9. The minimum Gasteiger partial charge on any atom is -0.236 e. The second-order valence-corrected chi connectivity index (χ2v) is 16.9. The summed E-state index contributed by atoms with van der Waals surface area (Å²) in [5, 5.41) is 2.11. The van der Waals surface area contributed by atoms with Gasteiger partial charge in [0.05, 0.1) is 20.4 Å². The van der Waals surface area contributed by atoms with Gasteiger partial charge in [0, 0.05) is 30.9 Å². The fourth-order valence-corrected chi connectivity index (χ4v) is 9.96. The lowest BCUT2D eigenvalue weighted by Gasteiger charge is -2.22. The molecule has 2 aliphatic carbocycles. The molecule has 2 aromatic heterocycles. The van der Waals surface area contributed by atoms with Gasteiger partial charge >= 0.3 is 0 Å². The van der Waals surface area contributed by atoms with Crippen molar-refractivity contribution in [3.63, 3.8) is 0 Å². The Morgan fingerprint density at radius 1 is 0.477 bits per heavy atom. The molecule has 2 aliphatic rings. The van der Waals surface area contributed by atoms with E-state index in [4.69, 9.17) is 9.97 Å². The lowest BCUT2D eigenvalue weighted by molar-refractivity contribution is 0.660. The average Bonchev–Trinajstić information content (AvgIpc) is 3.72. The minimum absolute atomic E-state index is 0.0591. The second kappa shape index (κ2) is 9.20. The highest BCUT2D eigenvalue weighted by atomic mass is 79.9. The predicted molar refractivity (Wildman–Crippen MR) is 194 cm³/mol. The van der Waals surface area contributed by atoms with Crippen molar-refractivity contribution < 1.29 is 0 Å². The van der Waals surface area contributed by atoms with Crippen LogP contribution in [0.1, 0.15) is 49.9 Å². The topological polar surface area (TPSA) is 25.8 Å². The van der Waals surface area contributed by atoms with Gasteiger partial charge in [0.15, 0.2) is 0 Å². The molecule has 2 nitrogen and oxygen atoms in total. The third kappa shape index (κ3) is 3.81. The quantitative estimate of drug-likeness (QED) is 0.177. The highest BCUT2D eigenvalue weighted by Gasteiger charge is 2.37. The Balaban J connectivity index is 1.08. The van der Waals surface area contributed by atoms with Crippen LogP contribution in [0.25, 0.3) is 63.8 Å². The molecule has 0 saturated heterocycles. The number of rotatable bonds is 2. The molecule has 6 heteroatoms. The fourth-order valence-electron chi connectivity index (χ4n) is 7.28. The number of halogens is 2. The van der Waals surface area contributed by atoms with E-state index in [1.807, 2.05) is 0 Å². The molecule has 7 aromatic rings. The van der Waals surface area contributed by atoms with Crippen molar-refractivity contribution in [1.82, 2.24) is 9.97 Å². The zero-order chi connectivity index (χ0) is 30.1. The number of thiazole rings is 2. The van der Waals surface area contributed by atoms with Gasteiger partial charge in [-0.3, -0.25) is 0 Å². The molecule has 0 saturated carbocycles. The van der Waals surface area contributed by atoms with Gasteiger partial charge in [-0.2, -0.15) is 0 Å². The smallest absolute Gasteiger partial charge is 0.124 e. The molecule has 44 heavy (non-hydrogen) atoms. The summed E-state index contributed by atoms with van der Waals surface area (Å²) in [4.78, 5) is 10.3. The maximum atomic E-state index is 5.13. The molecule has 0 amide bonds. The number of nitrogens with zero attached hydrogens (tertiary/aromatic N) is 2. The first-order chi connectivity index (χ1) is 21.1. The van der Waals surface area contributed by atoms with E-state index in [-0.39, 0.29) is 10.8 Å². The Hall–Kier alpha value is -3.16. The van der Waals surface area contributed by atoms with Gasteiger partial charge in [0.1, 0.15) is 10.0 Å². The molecule has 5 aromatic carbocycles. The number of fused-ring (bicyclic) bond motifs is 8. The maximum Gasteiger partial charge on any atom is 0.124 e. The highest BCUT2D eigenvalue weighted by molar-refractivity contribution is 9.10. The predicted octanol–water partition coefficient (Wildman–Crippen LogP) is 12.4. The first-order valence-electron chi connectivity index (χ1n) is 14.7. The summed E-state index contributed by atoms with van der Waals surface area (Å²) in [6, 6.07) is 31.5. The van der Waals surface area contributed by atoms with Gasteiger partial charge in [0.25, 0.3) is 0 Å². The van der Waals surface area contributed by atoms with E-state index in [9.17, 15) is 0 Å². The number of hydrogen-bond acceptors (Lipinski definition) is 4. The SMILES string of the molecule is CC1(C)c2cc(Br)ccc2-c2ccc(-c3nc4cc5sc(-c6ccc7c(c6)C(C)(C)c6cc(Br)ccc6-7)nc5cc4s3)cc21. The van der Waals surface area contributed by atoms with Gasteiger partial charge < -0.3 is 0 Å². The van der Waals surface area contributed by atoms with Crippen LogP contribution in [0.5, 0.6) is 0 Å². The molecule has 2 heterocycles. The molecule has 0 atom stereocenters. The Morgan fingerprint density at radius 3 is 1.25 bits per heavy atom. The normalized spacial score (nSPS) is 15.4. The van der Waals surface area contributed by atoms with Crippen molar-refractivity contribution in [2.24, 2.45) is 0 Å². The summed E-state index contributed by atoms with van der Waals surface area (Å²) in [5.74, 6) is 0. The molecule has 0 aliphatic heterocycles. The molecule has 0 fully saturated rings. The van der Waals surface area contributed by atoms with Crippen molar-refractivity contribution >= 4 is 75.0 Å². The monoisotopic (exact) mass is 732 g/mol. The first kappa shape index (κ1) is 27.2. The van der Waals surface area contributed by atoms with Crippen LogP contribution in [0.15, 0.2) is 93.9 Å². The van der Waals surface area contributed by atoms with Crippen LogP contribution in [-0.2, 0) is 10.8 Å². The molecule has 0 bridgehead atoms. The van der Waals surface area contributed by atoms with Gasteiger partial charge in [-0.05, 0) is 93.0 Å². The molecule has 0 spiro atoms. The summed E-state index contributed by atoms with van der Waals surface area (Å²) in [6.45, 7) is 9.29. The third-order valence-electron chi connectivity index (χ3n) is 9.67. The zero-order valence-electron chi connectivity index (χ0n) is 24.5. The van der Waals surface area contributed by atoms with Crippen molar-refractivity contribution in [2.45, 2.75) is 38.5 Å². The Kier molecular flexibility index (Phi) is 5.68. The van der Waals surface area contributed by atoms with Crippen LogP contribution in [0.4, 0.5) is 0 Å². The van der Waals surface area contributed by atoms with Gasteiger partial charge in [-0.15, -0.1) is 22.7 Å². The molecule has 0 radical (unpaired) electrons. The zero-order valence-corrected chi connectivity index (χ0v) is 29.4. The molecule has 0 N–H and O–H groups in total. The number of hydrogen-bond donors (Lipinski definition) is 0. The Labute approximate surface area is 281 Å². The van der Waals surface area contributed by atoms with Gasteiger partial charge in [-0.1, -0.05) is 96.0 Å². The van der Waals surface area contributed by atoms with Crippen LogP contribution >= 0.6 is 54.5 Å². The highest BCUT2D eigenvalue weighted by Crippen LogP contribution is 2.52. The van der Waals surface area contributed by atoms with E-state index in [1.54, 1.807) is 22.7 Å². The molecule has 214 valence electrons. The van der Waals surface area contributed by atoms with E-state index in [1.165, 1.54) is 65.0 Å². The largest absolute Gasteiger partial charge is 0.236 e. The van der Waals surface area contributed by atoms with Crippen LogP contribution in [0.2, 0.25) is 0 Å². The molecular formula is C38H26Br2N2S2. The number of aromatic nitrogens is 2. The van der Waals surface area contributed by atoms with Crippen molar-refractivity contribution in [3.05, 3.63) is 116 Å². The standard InChI is InChI=1S/C38H26Br2N2S2/c1-37(2)27-13-19(5-9-23(27)25-11-7-21(39)15-29(25)37)35-41-31-17-34-32(18-33(31)43-35)42-36(44-34)20-6-10-24-26-12-8-22(40)16-30(26)38(3,4)28(24)14-20/h5-18H,1-4H3. The van der Waals surface area contributed by atoms with Crippen LogP contribution in [0, 0.1) is 0 Å².